The van der Waals surface area contributed by atoms with E-state index in [0.717, 1.165) is 29.2 Å². The Balaban J connectivity index is 1.35. The molecule has 1 aromatic heterocycles. The van der Waals surface area contributed by atoms with Gasteiger partial charge in [-0.15, -0.1) is 0 Å². The number of amides is 1. The number of hydrogen-bond donors (Lipinski definition) is 0. The Hall–Kier alpha value is -4.65. The third kappa shape index (κ3) is 6.62. The van der Waals surface area contributed by atoms with Gasteiger partial charge in [0.1, 0.15) is 18.2 Å². The molecule has 0 N–H and O–H groups in total. The number of benzene rings is 2. The summed E-state index contributed by atoms with van der Waals surface area (Å²) in [5, 5.41) is 22.5. The molecule has 6 rings (SSSR count). The average Bonchev–Trinajstić information content (AvgIpc) is 3.07. The molecule has 3 aliphatic rings. The molecule has 0 aliphatic carbocycles. The summed E-state index contributed by atoms with van der Waals surface area (Å²) in [6, 6.07) is 16.9. The van der Waals surface area contributed by atoms with Crippen LogP contribution in [-0.2, 0) is 27.6 Å². The summed E-state index contributed by atoms with van der Waals surface area (Å²) in [5.41, 5.74) is 5.26. The van der Waals surface area contributed by atoms with Gasteiger partial charge in [0.15, 0.2) is 9.84 Å². The molecule has 1 atom stereocenters. The zero-order chi connectivity index (χ0) is 33.1. The minimum Gasteiger partial charge on any atom is -0.475 e. The first-order valence-electron chi connectivity index (χ1n) is 16.0. The summed E-state index contributed by atoms with van der Waals surface area (Å²) in [5.74, 6) is 0.303. The van der Waals surface area contributed by atoms with Crippen LogP contribution in [0.2, 0.25) is 0 Å². The van der Waals surface area contributed by atoms with Crippen molar-refractivity contribution in [3.8, 4) is 18.0 Å². The van der Waals surface area contributed by atoms with Gasteiger partial charge in [-0.1, -0.05) is 36.9 Å². The van der Waals surface area contributed by atoms with Crippen LogP contribution in [0.4, 0.5) is 11.4 Å². The van der Waals surface area contributed by atoms with Crippen molar-refractivity contribution < 1.29 is 17.9 Å². The molecule has 3 aromatic rings. The minimum atomic E-state index is -2.99. The first kappa shape index (κ1) is 32.3. The number of aromatic nitrogens is 1. The smallest absolute Gasteiger partial charge is 0.246 e. The SMILES string of the molecule is C=CC(=O)N1CCN(c2c(C#N)c(OCCN3CCS(=O)(=O)CC3)nc3c2CCN(c2cccc4cccc(C)c24)C3)C[C@@H]1CC#N. The molecule has 244 valence electrons. The lowest BCUT2D eigenvalue weighted by molar-refractivity contribution is -0.128. The number of nitrogens with zero attached hydrogens (tertiary/aromatic N) is 7. The van der Waals surface area contributed by atoms with Crippen LogP contribution in [0.15, 0.2) is 49.1 Å². The van der Waals surface area contributed by atoms with E-state index in [1.54, 1.807) is 4.90 Å². The third-order valence-corrected chi connectivity index (χ3v) is 11.1. The van der Waals surface area contributed by atoms with E-state index >= 15 is 0 Å². The molecule has 12 heteroatoms. The van der Waals surface area contributed by atoms with Gasteiger partial charge in [0.05, 0.1) is 48.0 Å². The lowest BCUT2D eigenvalue weighted by atomic mass is 9.95. The summed E-state index contributed by atoms with van der Waals surface area (Å²) < 4.78 is 30.1. The number of sulfone groups is 1. The standard InChI is InChI=1S/C35H39N7O4S/c1-3-32(43)42-15-14-41(23-27(42)10-12-36)34-28-11-13-40(31-9-5-8-26-7-4-6-25(2)33(26)31)24-30(28)38-35(29(34)22-37)46-19-16-39-17-20-47(44,45)21-18-39/h3-9,27H,1,10-11,13-21,23-24H2,2H3/t27-/m0/s1. The van der Waals surface area contributed by atoms with Gasteiger partial charge < -0.3 is 19.4 Å². The van der Waals surface area contributed by atoms with Gasteiger partial charge in [-0.3, -0.25) is 9.69 Å². The van der Waals surface area contributed by atoms with Crippen LogP contribution in [0, 0.1) is 29.6 Å². The molecule has 0 bridgehead atoms. The van der Waals surface area contributed by atoms with Gasteiger partial charge in [0.25, 0.3) is 0 Å². The van der Waals surface area contributed by atoms with E-state index in [-0.39, 0.29) is 42.4 Å². The molecule has 4 heterocycles. The van der Waals surface area contributed by atoms with E-state index in [2.05, 4.69) is 76.7 Å². The fourth-order valence-corrected chi connectivity index (χ4v) is 8.33. The van der Waals surface area contributed by atoms with Crippen molar-refractivity contribution in [1.29, 1.82) is 10.5 Å². The van der Waals surface area contributed by atoms with Crippen molar-refractivity contribution in [1.82, 2.24) is 14.8 Å². The van der Waals surface area contributed by atoms with Crippen LogP contribution in [0.3, 0.4) is 0 Å². The molecular formula is C35H39N7O4S. The number of anilines is 2. The maximum absolute atomic E-state index is 12.6. The van der Waals surface area contributed by atoms with Crippen molar-refractivity contribution in [2.45, 2.75) is 32.4 Å². The number of rotatable bonds is 8. The van der Waals surface area contributed by atoms with E-state index in [1.165, 1.54) is 22.4 Å². The molecule has 1 amide bonds. The highest BCUT2D eigenvalue weighted by atomic mass is 32.2. The van der Waals surface area contributed by atoms with Gasteiger partial charge in [-0.25, -0.2) is 13.4 Å². The van der Waals surface area contributed by atoms with Crippen LogP contribution in [0.5, 0.6) is 5.88 Å². The summed E-state index contributed by atoms with van der Waals surface area (Å²) in [4.78, 5) is 25.8. The Morgan fingerprint density at radius 3 is 2.57 bits per heavy atom. The second-order valence-electron chi connectivity index (χ2n) is 12.3. The monoisotopic (exact) mass is 653 g/mol. The molecule has 2 fully saturated rings. The molecule has 0 spiro atoms. The number of carbonyl (C=O) groups is 1. The highest BCUT2D eigenvalue weighted by Crippen LogP contribution is 2.40. The lowest BCUT2D eigenvalue weighted by Crippen LogP contribution is -2.55. The van der Waals surface area contributed by atoms with Crippen LogP contribution in [0.1, 0.15) is 28.8 Å². The maximum atomic E-state index is 12.6. The van der Waals surface area contributed by atoms with Crippen molar-refractivity contribution in [2.75, 3.05) is 73.7 Å². The van der Waals surface area contributed by atoms with Gasteiger partial charge in [-0.2, -0.15) is 10.5 Å². The van der Waals surface area contributed by atoms with E-state index in [0.29, 0.717) is 57.8 Å². The largest absolute Gasteiger partial charge is 0.475 e. The van der Waals surface area contributed by atoms with E-state index in [9.17, 15) is 23.7 Å². The van der Waals surface area contributed by atoms with Gasteiger partial charge >= 0.3 is 0 Å². The highest BCUT2D eigenvalue weighted by Gasteiger charge is 2.35. The van der Waals surface area contributed by atoms with Gasteiger partial charge in [0.2, 0.25) is 11.8 Å². The first-order valence-corrected chi connectivity index (χ1v) is 17.8. The molecule has 11 nitrogen and oxygen atoms in total. The molecule has 2 saturated heterocycles. The average molecular weight is 654 g/mol. The fourth-order valence-electron chi connectivity index (χ4n) is 7.05. The molecular weight excluding hydrogens is 614 g/mol. The summed E-state index contributed by atoms with van der Waals surface area (Å²) >= 11 is 0. The second-order valence-corrected chi connectivity index (χ2v) is 14.6. The quantitative estimate of drug-likeness (QED) is 0.334. The summed E-state index contributed by atoms with van der Waals surface area (Å²) in [7, 11) is -2.99. The molecule has 2 aromatic carbocycles. The Kier molecular flexibility index (Phi) is 9.35. The van der Waals surface area contributed by atoms with Crippen LogP contribution < -0.4 is 14.5 Å². The molecule has 47 heavy (non-hydrogen) atoms. The summed E-state index contributed by atoms with van der Waals surface area (Å²) in [6.07, 6.45) is 2.10. The van der Waals surface area contributed by atoms with Crippen LogP contribution >= 0.6 is 0 Å². The Morgan fingerprint density at radius 1 is 1.09 bits per heavy atom. The van der Waals surface area contributed by atoms with Crippen molar-refractivity contribution in [3.63, 3.8) is 0 Å². The van der Waals surface area contributed by atoms with Gasteiger partial charge in [-0.05, 0) is 36.4 Å². The molecule has 0 unspecified atom stereocenters. The Labute approximate surface area is 276 Å². The van der Waals surface area contributed by atoms with Crippen LogP contribution in [-0.4, -0.2) is 99.1 Å². The number of pyridine rings is 1. The molecule has 0 radical (unpaired) electrons. The van der Waals surface area contributed by atoms with Gasteiger partial charge in [0, 0.05) is 62.5 Å². The minimum absolute atomic E-state index is 0.130. The fraction of sp³-hybridized carbons (Fsp3) is 0.429. The molecule has 3 aliphatic heterocycles. The predicted octanol–water partition coefficient (Wildman–Crippen LogP) is 3.20. The van der Waals surface area contributed by atoms with E-state index in [1.807, 2.05) is 0 Å². The zero-order valence-electron chi connectivity index (χ0n) is 26.7. The Bertz CT molecular complexity index is 1880. The van der Waals surface area contributed by atoms with Crippen molar-refractivity contribution in [2.24, 2.45) is 0 Å². The number of carbonyl (C=O) groups excluding carboxylic acids is 1. The maximum Gasteiger partial charge on any atom is 0.246 e. The second kappa shape index (κ2) is 13.6. The van der Waals surface area contributed by atoms with E-state index < -0.39 is 9.84 Å². The highest BCUT2D eigenvalue weighted by molar-refractivity contribution is 7.91. The number of ether oxygens (including phenoxy) is 1. The van der Waals surface area contributed by atoms with Crippen molar-refractivity contribution >= 4 is 37.9 Å². The number of aryl methyl sites for hydroxylation is 1. The number of nitriles is 2. The number of piperazine rings is 1. The zero-order valence-corrected chi connectivity index (χ0v) is 27.5. The topological polar surface area (TPSA) is 134 Å². The predicted molar refractivity (Wildman–Crippen MR) is 181 cm³/mol. The normalized spacial score (nSPS) is 19.5. The van der Waals surface area contributed by atoms with Crippen LogP contribution in [0.25, 0.3) is 10.8 Å². The first-order chi connectivity index (χ1) is 22.7. The molecule has 0 saturated carbocycles. The number of hydrogen-bond acceptors (Lipinski definition) is 10. The van der Waals surface area contributed by atoms with E-state index in [4.69, 9.17) is 9.72 Å². The van der Waals surface area contributed by atoms with Crippen molar-refractivity contribution in [3.05, 3.63) is 71.4 Å². The summed E-state index contributed by atoms with van der Waals surface area (Å²) in [6.45, 7) is 9.97. The Morgan fingerprint density at radius 2 is 1.85 bits per heavy atom. The third-order valence-electron chi connectivity index (χ3n) is 9.50. The number of fused-ring (bicyclic) bond motifs is 2. The lowest BCUT2D eigenvalue weighted by Gasteiger charge is -2.43.